The molecule has 0 aromatic heterocycles. The summed E-state index contributed by atoms with van der Waals surface area (Å²) in [5.41, 5.74) is 7.92. The summed E-state index contributed by atoms with van der Waals surface area (Å²) in [7, 11) is 1.44. The average Bonchev–Trinajstić information content (AvgIpc) is 2.72. The van der Waals surface area contributed by atoms with Crippen molar-refractivity contribution in [3.63, 3.8) is 0 Å². The normalized spacial score (nSPS) is 17.9. The van der Waals surface area contributed by atoms with Gasteiger partial charge in [-0.1, -0.05) is 49.7 Å². The van der Waals surface area contributed by atoms with Gasteiger partial charge in [-0.15, -0.1) is 0 Å². The number of amides is 2. The van der Waals surface area contributed by atoms with Crippen molar-refractivity contribution in [1.82, 2.24) is 5.32 Å². The summed E-state index contributed by atoms with van der Waals surface area (Å²) in [6.07, 6.45) is 2.03. The molecule has 2 aromatic rings. The molecule has 0 radical (unpaired) electrons. The van der Waals surface area contributed by atoms with Gasteiger partial charge in [-0.3, -0.25) is 9.59 Å². The van der Waals surface area contributed by atoms with Crippen LogP contribution in [0.1, 0.15) is 47.8 Å². The van der Waals surface area contributed by atoms with E-state index in [0.717, 1.165) is 18.4 Å². The van der Waals surface area contributed by atoms with Crippen molar-refractivity contribution in [2.24, 2.45) is 17.6 Å². The molecular weight excluding hydrogens is 404 g/mol. The highest BCUT2D eigenvalue weighted by Crippen LogP contribution is 2.40. The third-order valence-corrected chi connectivity index (χ3v) is 5.84. The lowest BCUT2D eigenvalue weighted by Crippen LogP contribution is -2.38. The molecule has 7 heteroatoms. The predicted octanol–water partition coefficient (Wildman–Crippen LogP) is 3.90. The number of ether oxygens (including phenoxy) is 2. The van der Waals surface area contributed by atoms with Crippen LogP contribution in [0.25, 0.3) is 0 Å². The van der Waals surface area contributed by atoms with E-state index in [9.17, 15) is 9.59 Å². The Hall–Kier alpha value is -2.73. The molecule has 1 aliphatic rings. The van der Waals surface area contributed by atoms with Gasteiger partial charge in [-0.05, 0) is 47.9 Å². The number of carbonyl (C=O) groups excluding carboxylic acids is 2. The second kappa shape index (κ2) is 9.39. The van der Waals surface area contributed by atoms with Crippen molar-refractivity contribution in [2.75, 3.05) is 13.7 Å². The van der Waals surface area contributed by atoms with E-state index in [1.165, 1.54) is 18.7 Å². The topological polar surface area (TPSA) is 90.7 Å². The first-order valence-corrected chi connectivity index (χ1v) is 10.4. The van der Waals surface area contributed by atoms with E-state index in [-0.39, 0.29) is 35.1 Å². The maximum Gasteiger partial charge on any atom is 0.255 e. The molecule has 0 bridgehead atoms. The van der Waals surface area contributed by atoms with Crippen LogP contribution >= 0.6 is 11.6 Å². The van der Waals surface area contributed by atoms with Crippen LogP contribution < -0.4 is 20.5 Å². The average molecular weight is 431 g/mol. The summed E-state index contributed by atoms with van der Waals surface area (Å²) < 4.78 is 10.7. The molecule has 30 heavy (non-hydrogen) atoms. The molecule has 0 saturated heterocycles. The van der Waals surface area contributed by atoms with Gasteiger partial charge >= 0.3 is 0 Å². The number of hydrogen-bond acceptors (Lipinski definition) is 4. The summed E-state index contributed by atoms with van der Waals surface area (Å²) in [6.45, 7) is 4.03. The van der Waals surface area contributed by atoms with Gasteiger partial charge in [0.1, 0.15) is 0 Å². The number of carbonyl (C=O) groups is 2. The standard InChI is InChI=1S/C23H27ClN2O4/c1-13(2)16-9-8-14-6-4-5-7-17(14)21(16)26-23(28)15-10-18(24)22(19(11-15)29-3)30-12-20(25)27/h4-7,10-11,13,16,21H,8-9,12H2,1-3H3,(H2,25,27)(H,26,28). The number of halogens is 1. The maximum absolute atomic E-state index is 13.1. The fourth-order valence-electron chi connectivity index (χ4n) is 4.05. The molecule has 3 N–H and O–H groups in total. The zero-order valence-electron chi connectivity index (χ0n) is 17.4. The van der Waals surface area contributed by atoms with Gasteiger partial charge in [0.05, 0.1) is 18.2 Å². The molecule has 0 saturated carbocycles. The fourth-order valence-corrected chi connectivity index (χ4v) is 4.31. The third kappa shape index (κ3) is 4.70. The number of hydrogen-bond donors (Lipinski definition) is 2. The molecule has 2 amide bonds. The van der Waals surface area contributed by atoms with Crippen molar-refractivity contribution in [3.05, 3.63) is 58.1 Å². The smallest absolute Gasteiger partial charge is 0.255 e. The van der Waals surface area contributed by atoms with Crippen LogP contribution in [0.3, 0.4) is 0 Å². The van der Waals surface area contributed by atoms with E-state index in [0.29, 0.717) is 17.4 Å². The van der Waals surface area contributed by atoms with Gasteiger partial charge in [0.25, 0.3) is 11.8 Å². The van der Waals surface area contributed by atoms with Gasteiger partial charge in [0, 0.05) is 5.56 Å². The number of nitrogens with two attached hydrogens (primary N) is 1. The van der Waals surface area contributed by atoms with Crippen molar-refractivity contribution in [2.45, 2.75) is 32.7 Å². The number of nitrogens with one attached hydrogen (secondary N) is 1. The highest BCUT2D eigenvalue weighted by Gasteiger charge is 2.33. The Morgan fingerprint density at radius 1 is 1.27 bits per heavy atom. The lowest BCUT2D eigenvalue weighted by atomic mass is 9.74. The molecule has 160 valence electrons. The van der Waals surface area contributed by atoms with Gasteiger partial charge in [-0.25, -0.2) is 0 Å². The van der Waals surface area contributed by atoms with Crippen molar-refractivity contribution in [1.29, 1.82) is 0 Å². The van der Waals surface area contributed by atoms with Crippen LogP contribution in [-0.4, -0.2) is 25.5 Å². The maximum atomic E-state index is 13.1. The quantitative estimate of drug-likeness (QED) is 0.696. The summed E-state index contributed by atoms with van der Waals surface area (Å²) >= 11 is 6.31. The van der Waals surface area contributed by atoms with Gasteiger partial charge in [0.15, 0.2) is 18.1 Å². The Balaban J connectivity index is 1.89. The lowest BCUT2D eigenvalue weighted by molar-refractivity contribution is -0.119. The first-order valence-electron chi connectivity index (χ1n) is 9.99. The molecule has 2 unspecified atom stereocenters. The van der Waals surface area contributed by atoms with Crippen molar-refractivity contribution >= 4 is 23.4 Å². The molecule has 0 spiro atoms. The molecule has 2 aromatic carbocycles. The van der Waals surface area contributed by atoms with Crippen LogP contribution in [0.4, 0.5) is 0 Å². The molecule has 0 aliphatic heterocycles. The zero-order chi connectivity index (χ0) is 21.8. The lowest BCUT2D eigenvalue weighted by Gasteiger charge is -2.36. The Bertz CT molecular complexity index is 945. The number of benzene rings is 2. The summed E-state index contributed by atoms with van der Waals surface area (Å²) in [4.78, 5) is 24.2. The minimum Gasteiger partial charge on any atom is -0.493 e. The SMILES string of the molecule is COc1cc(C(=O)NC2c3ccccc3CCC2C(C)C)cc(Cl)c1OCC(N)=O. The number of rotatable bonds is 7. The van der Waals surface area contributed by atoms with Gasteiger partial charge in [-0.2, -0.15) is 0 Å². The monoisotopic (exact) mass is 430 g/mol. The van der Waals surface area contributed by atoms with Crippen LogP contribution in [-0.2, 0) is 11.2 Å². The first kappa shape index (κ1) is 22.0. The van der Waals surface area contributed by atoms with Crippen LogP contribution in [0.15, 0.2) is 36.4 Å². The number of fused-ring (bicyclic) bond motifs is 1. The Labute approximate surface area is 181 Å². The van der Waals surface area contributed by atoms with E-state index >= 15 is 0 Å². The third-order valence-electron chi connectivity index (χ3n) is 5.56. The summed E-state index contributed by atoms with van der Waals surface area (Å²) in [5, 5.41) is 3.37. The first-order chi connectivity index (χ1) is 14.3. The second-order valence-corrected chi connectivity index (χ2v) is 8.25. The minimum atomic E-state index is -0.634. The summed E-state index contributed by atoms with van der Waals surface area (Å²) in [6, 6.07) is 11.2. The predicted molar refractivity (Wildman–Crippen MR) is 116 cm³/mol. The van der Waals surface area contributed by atoms with Crippen LogP contribution in [0.5, 0.6) is 11.5 Å². The fraction of sp³-hybridized carbons (Fsp3) is 0.391. The molecule has 2 atom stereocenters. The number of aryl methyl sites for hydroxylation is 1. The van der Waals surface area contributed by atoms with E-state index < -0.39 is 5.91 Å². The molecular formula is C23H27ClN2O4. The van der Waals surface area contributed by atoms with E-state index in [1.54, 1.807) is 6.07 Å². The molecule has 3 rings (SSSR count). The van der Waals surface area contributed by atoms with E-state index in [4.69, 9.17) is 26.8 Å². The van der Waals surface area contributed by atoms with Crippen LogP contribution in [0, 0.1) is 11.8 Å². The van der Waals surface area contributed by atoms with Crippen molar-refractivity contribution in [3.8, 4) is 11.5 Å². The highest BCUT2D eigenvalue weighted by atomic mass is 35.5. The summed E-state index contributed by atoms with van der Waals surface area (Å²) in [5.74, 6) is 0.316. The molecule has 6 nitrogen and oxygen atoms in total. The Morgan fingerprint density at radius 2 is 2.00 bits per heavy atom. The Kier molecular flexibility index (Phi) is 6.87. The zero-order valence-corrected chi connectivity index (χ0v) is 18.2. The van der Waals surface area contributed by atoms with E-state index in [1.807, 2.05) is 12.1 Å². The van der Waals surface area contributed by atoms with Gasteiger partial charge in [0.2, 0.25) is 0 Å². The highest BCUT2D eigenvalue weighted by molar-refractivity contribution is 6.32. The molecule has 0 heterocycles. The van der Waals surface area contributed by atoms with Gasteiger partial charge < -0.3 is 20.5 Å². The second-order valence-electron chi connectivity index (χ2n) is 7.84. The number of primary amides is 1. The van der Waals surface area contributed by atoms with Crippen molar-refractivity contribution < 1.29 is 19.1 Å². The minimum absolute atomic E-state index is 0.0852. The Morgan fingerprint density at radius 3 is 2.67 bits per heavy atom. The van der Waals surface area contributed by atoms with E-state index in [2.05, 4.69) is 31.3 Å². The number of methoxy groups -OCH3 is 1. The van der Waals surface area contributed by atoms with Crippen LogP contribution in [0.2, 0.25) is 5.02 Å². The molecule has 1 aliphatic carbocycles. The largest absolute Gasteiger partial charge is 0.493 e. The molecule has 0 fully saturated rings.